The molecular formula is C22H34N2O6. The number of amides is 2. The number of hydrogen-bond donors (Lipinski definition) is 1. The highest BCUT2D eigenvalue weighted by Crippen LogP contribution is 2.59. The van der Waals surface area contributed by atoms with Crippen LogP contribution in [0.5, 0.6) is 0 Å². The molecular weight excluding hydrogens is 388 g/mol. The van der Waals surface area contributed by atoms with Crippen molar-refractivity contribution in [3.05, 3.63) is 12.7 Å². The molecule has 0 aromatic heterocycles. The zero-order valence-corrected chi connectivity index (χ0v) is 18.6. The van der Waals surface area contributed by atoms with Crippen molar-refractivity contribution < 1.29 is 29.0 Å². The van der Waals surface area contributed by atoms with Gasteiger partial charge in [0, 0.05) is 12.1 Å². The number of aliphatic hydroxyl groups excluding tert-OH is 1. The molecule has 1 spiro atoms. The van der Waals surface area contributed by atoms with E-state index in [0.717, 1.165) is 0 Å². The zero-order valence-electron chi connectivity index (χ0n) is 18.6. The van der Waals surface area contributed by atoms with Crippen LogP contribution in [-0.4, -0.2) is 81.8 Å². The van der Waals surface area contributed by atoms with Gasteiger partial charge in [-0.15, -0.1) is 6.58 Å². The number of fused-ring (bicyclic) bond motifs is 1. The van der Waals surface area contributed by atoms with Crippen LogP contribution in [0.25, 0.3) is 0 Å². The standard InChI is InChI=1S/C22H34N2O6/c1-7-11-23(21(4,5)6)19(27)17-22-10-9-14(30-22)15(20(28)29-8-2)16(22)18(26)24(17)13(3)12-25/h7,13-17,25H,1,8-12H2,2-6H3/t13-,14-,15+,16+,17?,22?/m1/s1. The number of esters is 1. The van der Waals surface area contributed by atoms with Crippen molar-refractivity contribution in [3.8, 4) is 0 Å². The molecule has 30 heavy (non-hydrogen) atoms. The topological polar surface area (TPSA) is 96.4 Å². The Labute approximate surface area is 178 Å². The second-order valence-electron chi connectivity index (χ2n) is 9.49. The van der Waals surface area contributed by atoms with Gasteiger partial charge in [-0.05, 0) is 47.5 Å². The van der Waals surface area contributed by atoms with E-state index in [1.54, 1.807) is 24.8 Å². The first-order valence-electron chi connectivity index (χ1n) is 10.7. The molecule has 0 aliphatic carbocycles. The Hall–Kier alpha value is -1.93. The van der Waals surface area contributed by atoms with Gasteiger partial charge in [0.1, 0.15) is 11.6 Å². The van der Waals surface area contributed by atoms with E-state index in [9.17, 15) is 19.5 Å². The Morgan fingerprint density at radius 3 is 2.67 bits per heavy atom. The Morgan fingerprint density at radius 1 is 1.47 bits per heavy atom. The van der Waals surface area contributed by atoms with Gasteiger partial charge < -0.3 is 24.4 Å². The maximum Gasteiger partial charge on any atom is 0.312 e. The van der Waals surface area contributed by atoms with Crippen LogP contribution in [0.15, 0.2) is 12.7 Å². The summed E-state index contributed by atoms with van der Waals surface area (Å²) in [5.41, 5.74) is -1.58. The fourth-order valence-electron chi connectivity index (χ4n) is 5.41. The number of aliphatic hydroxyl groups is 1. The van der Waals surface area contributed by atoms with Crippen LogP contribution >= 0.6 is 0 Å². The molecule has 0 aromatic carbocycles. The molecule has 3 heterocycles. The van der Waals surface area contributed by atoms with Gasteiger partial charge in [-0.25, -0.2) is 0 Å². The summed E-state index contributed by atoms with van der Waals surface area (Å²) in [6.45, 7) is 13.2. The third-order valence-corrected chi connectivity index (χ3v) is 6.66. The minimum absolute atomic E-state index is 0.215. The lowest BCUT2D eigenvalue weighted by molar-refractivity contribution is -0.157. The van der Waals surface area contributed by atoms with Gasteiger partial charge in [0.15, 0.2) is 0 Å². The van der Waals surface area contributed by atoms with Crippen LogP contribution in [0.3, 0.4) is 0 Å². The van der Waals surface area contributed by atoms with Crippen molar-refractivity contribution in [3.63, 3.8) is 0 Å². The lowest BCUT2D eigenvalue weighted by atomic mass is 9.70. The molecule has 0 radical (unpaired) electrons. The van der Waals surface area contributed by atoms with Gasteiger partial charge >= 0.3 is 5.97 Å². The quantitative estimate of drug-likeness (QED) is 0.488. The van der Waals surface area contributed by atoms with Gasteiger partial charge in [0.25, 0.3) is 0 Å². The van der Waals surface area contributed by atoms with Crippen LogP contribution in [0.1, 0.15) is 47.5 Å². The number of likely N-dealkylation sites (tertiary alicyclic amines) is 1. The smallest absolute Gasteiger partial charge is 0.312 e. The minimum atomic E-state index is -1.08. The Morgan fingerprint density at radius 2 is 2.13 bits per heavy atom. The second kappa shape index (κ2) is 7.96. The molecule has 0 saturated carbocycles. The molecule has 8 nitrogen and oxygen atoms in total. The van der Waals surface area contributed by atoms with Crippen molar-refractivity contribution in [1.82, 2.24) is 9.80 Å². The molecule has 3 aliphatic rings. The summed E-state index contributed by atoms with van der Waals surface area (Å²) in [5, 5.41) is 9.84. The Bertz CT molecular complexity index is 732. The van der Waals surface area contributed by atoms with E-state index in [2.05, 4.69) is 6.58 Å². The van der Waals surface area contributed by atoms with Crippen molar-refractivity contribution >= 4 is 17.8 Å². The maximum absolute atomic E-state index is 13.9. The molecule has 3 saturated heterocycles. The largest absolute Gasteiger partial charge is 0.466 e. The van der Waals surface area contributed by atoms with Crippen molar-refractivity contribution in [1.29, 1.82) is 0 Å². The summed E-state index contributed by atoms with van der Waals surface area (Å²) < 4.78 is 11.6. The van der Waals surface area contributed by atoms with E-state index in [1.165, 1.54) is 4.90 Å². The van der Waals surface area contributed by atoms with Gasteiger partial charge in [0.05, 0.1) is 37.2 Å². The number of hydrogen-bond acceptors (Lipinski definition) is 6. The monoisotopic (exact) mass is 422 g/mol. The normalized spacial score (nSPS) is 33.4. The summed E-state index contributed by atoms with van der Waals surface area (Å²) in [6.07, 6.45) is 2.34. The second-order valence-corrected chi connectivity index (χ2v) is 9.49. The molecule has 1 N–H and O–H groups in total. The Balaban J connectivity index is 2.09. The van der Waals surface area contributed by atoms with E-state index in [1.807, 2.05) is 20.8 Å². The molecule has 168 valence electrons. The molecule has 3 aliphatic heterocycles. The van der Waals surface area contributed by atoms with Crippen molar-refractivity contribution in [2.45, 2.75) is 76.8 Å². The molecule has 2 unspecified atom stereocenters. The lowest BCUT2D eigenvalue weighted by Crippen LogP contribution is -2.61. The van der Waals surface area contributed by atoms with E-state index in [4.69, 9.17) is 9.47 Å². The summed E-state index contributed by atoms with van der Waals surface area (Å²) in [5.74, 6) is -2.51. The van der Waals surface area contributed by atoms with E-state index >= 15 is 0 Å². The summed E-state index contributed by atoms with van der Waals surface area (Å²) >= 11 is 0. The lowest BCUT2D eigenvalue weighted by Gasteiger charge is -2.43. The average Bonchev–Trinajstić information content (AvgIpc) is 3.31. The molecule has 3 rings (SSSR count). The van der Waals surface area contributed by atoms with E-state index in [-0.39, 0.29) is 25.0 Å². The molecule has 3 fully saturated rings. The fraction of sp³-hybridized carbons (Fsp3) is 0.773. The number of rotatable bonds is 7. The number of carbonyl (C=O) groups is 3. The molecule has 6 atom stereocenters. The highest BCUT2D eigenvalue weighted by molar-refractivity contribution is 5.98. The summed E-state index contributed by atoms with van der Waals surface area (Å²) in [6, 6.07) is -1.48. The fourth-order valence-corrected chi connectivity index (χ4v) is 5.41. The predicted molar refractivity (Wildman–Crippen MR) is 109 cm³/mol. The summed E-state index contributed by atoms with van der Waals surface area (Å²) in [7, 11) is 0. The Kier molecular flexibility index (Phi) is 6.04. The average molecular weight is 423 g/mol. The first kappa shape index (κ1) is 22.7. The molecule has 8 heteroatoms. The van der Waals surface area contributed by atoms with Crippen LogP contribution in [0.2, 0.25) is 0 Å². The first-order valence-corrected chi connectivity index (χ1v) is 10.7. The summed E-state index contributed by atoms with van der Waals surface area (Å²) in [4.78, 5) is 43.3. The van der Waals surface area contributed by atoms with Crippen molar-refractivity contribution in [2.24, 2.45) is 11.8 Å². The van der Waals surface area contributed by atoms with Gasteiger partial charge in [-0.1, -0.05) is 6.08 Å². The highest BCUT2D eigenvalue weighted by Gasteiger charge is 2.75. The molecule has 2 amide bonds. The number of ether oxygens (including phenoxy) is 2. The zero-order chi connectivity index (χ0) is 22.4. The van der Waals surface area contributed by atoms with E-state index in [0.29, 0.717) is 19.4 Å². The number of carbonyl (C=O) groups excluding carboxylic acids is 3. The van der Waals surface area contributed by atoms with Gasteiger partial charge in [-0.2, -0.15) is 0 Å². The maximum atomic E-state index is 13.9. The molecule has 2 bridgehead atoms. The van der Waals surface area contributed by atoms with Crippen LogP contribution in [-0.2, 0) is 23.9 Å². The minimum Gasteiger partial charge on any atom is -0.466 e. The van der Waals surface area contributed by atoms with E-state index < -0.39 is 47.1 Å². The van der Waals surface area contributed by atoms with Gasteiger partial charge in [-0.3, -0.25) is 14.4 Å². The van der Waals surface area contributed by atoms with Gasteiger partial charge in [0.2, 0.25) is 11.8 Å². The van der Waals surface area contributed by atoms with Crippen LogP contribution in [0, 0.1) is 11.8 Å². The third-order valence-electron chi connectivity index (χ3n) is 6.66. The molecule has 0 aromatic rings. The first-order chi connectivity index (χ1) is 14.0. The SMILES string of the molecule is C=CCN(C(=O)C1N([C@H](C)CO)C(=O)[C@@H]2[C@@H](C(=O)OCC)[C@H]3CCC12O3)C(C)(C)C. The number of nitrogens with zero attached hydrogens (tertiary/aromatic N) is 2. The predicted octanol–water partition coefficient (Wildman–Crippen LogP) is 1.12. The third kappa shape index (κ3) is 3.24. The van der Waals surface area contributed by atoms with Crippen LogP contribution < -0.4 is 0 Å². The van der Waals surface area contributed by atoms with Crippen molar-refractivity contribution in [2.75, 3.05) is 19.8 Å². The highest BCUT2D eigenvalue weighted by atomic mass is 16.6. The van der Waals surface area contributed by atoms with Crippen LogP contribution in [0.4, 0.5) is 0 Å².